The first kappa shape index (κ1) is 27.6. The zero-order valence-electron chi connectivity index (χ0n) is 18.3. The Labute approximate surface area is 192 Å². The normalized spacial score (nSPS) is 11.6. The number of nitrogens with one attached hydrogen (secondary N) is 3. The molecule has 0 fully saturated rings. The van der Waals surface area contributed by atoms with Crippen LogP contribution in [0.3, 0.4) is 0 Å². The number of ether oxygens (including phenoxy) is 2. The van der Waals surface area contributed by atoms with E-state index in [9.17, 15) is 4.79 Å². The fourth-order valence-corrected chi connectivity index (χ4v) is 2.41. The number of amides is 1. The molecule has 7 nitrogen and oxygen atoms in total. The van der Waals surface area contributed by atoms with Crippen molar-refractivity contribution >= 4 is 35.8 Å². The van der Waals surface area contributed by atoms with E-state index in [0.29, 0.717) is 38.9 Å². The van der Waals surface area contributed by atoms with Crippen LogP contribution in [0.2, 0.25) is 0 Å². The highest BCUT2D eigenvalue weighted by atomic mass is 127. The van der Waals surface area contributed by atoms with Crippen molar-refractivity contribution in [1.82, 2.24) is 16.0 Å². The lowest BCUT2D eigenvalue weighted by molar-refractivity contribution is -0.121. The van der Waals surface area contributed by atoms with Gasteiger partial charge >= 0.3 is 0 Å². The molecule has 0 aliphatic rings. The number of hydrogen-bond donors (Lipinski definition) is 3. The second kappa shape index (κ2) is 15.4. The maximum Gasteiger partial charge on any atom is 0.239 e. The molecule has 0 bridgehead atoms. The van der Waals surface area contributed by atoms with E-state index in [2.05, 4.69) is 27.0 Å². The molecule has 1 amide bonds. The molecule has 1 aromatic rings. The summed E-state index contributed by atoms with van der Waals surface area (Å²) in [6.07, 6.45) is 0. The van der Waals surface area contributed by atoms with Gasteiger partial charge in [0.15, 0.2) is 5.96 Å². The maximum absolute atomic E-state index is 12.0. The van der Waals surface area contributed by atoms with Gasteiger partial charge in [-0.3, -0.25) is 4.79 Å². The van der Waals surface area contributed by atoms with E-state index in [0.717, 1.165) is 17.7 Å². The van der Waals surface area contributed by atoms with Gasteiger partial charge in [0.25, 0.3) is 0 Å². The zero-order valence-corrected chi connectivity index (χ0v) is 20.7. The molecule has 0 unspecified atom stereocenters. The van der Waals surface area contributed by atoms with Crippen LogP contribution in [0.25, 0.3) is 0 Å². The Morgan fingerprint density at radius 3 is 2.41 bits per heavy atom. The van der Waals surface area contributed by atoms with Crippen molar-refractivity contribution in [1.29, 1.82) is 0 Å². The van der Waals surface area contributed by atoms with Crippen molar-refractivity contribution in [2.24, 2.45) is 4.99 Å². The number of carbonyl (C=O) groups excluding carboxylic acids is 1. The van der Waals surface area contributed by atoms with Gasteiger partial charge in [-0.2, -0.15) is 0 Å². The molecular formula is C21H37IN4O3. The summed E-state index contributed by atoms with van der Waals surface area (Å²) in [4.78, 5) is 16.5. The summed E-state index contributed by atoms with van der Waals surface area (Å²) in [6, 6.07) is 8.15. The molecule has 0 aliphatic carbocycles. The maximum atomic E-state index is 12.0. The van der Waals surface area contributed by atoms with Crippen LogP contribution in [0.4, 0.5) is 0 Å². The highest BCUT2D eigenvalue weighted by Gasteiger charge is 2.13. The molecule has 29 heavy (non-hydrogen) atoms. The summed E-state index contributed by atoms with van der Waals surface area (Å²) in [5.74, 6) is 0.550. The molecule has 0 heterocycles. The van der Waals surface area contributed by atoms with Crippen LogP contribution in [0, 0.1) is 0 Å². The third-order valence-electron chi connectivity index (χ3n) is 3.53. The highest BCUT2D eigenvalue weighted by Crippen LogP contribution is 2.08. The van der Waals surface area contributed by atoms with Gasteiger partial charge in [-0.1, -0.05) is 24.3 Å². The van der Waals surface area contributed by atoms with Crippen molar-refractivity contribution in [3.05, 3.63) is 35.4 Å². The minimum Gasteiger partial charge on any atom is -0.379 e. The number of halogens is 1. The van der Waals surface area contributed by atoms with Gasteiger partial charge in [0.1, 0.15) is 0 Å². The Kier molecular flexibility index (Phi) is 14.7. The van der Waals surface area contributed by atoms with Gasteiger partial charge in [0.05, 0.1) is 32.9 Å². The number of rotatable bonds is 11. The molecule has 0 aromatic heterocycles. The van der Waals surface area contributed by atoms with Gasteiger partial charge < -0.3 is 25.4 Å². The first-order valence-electron chi connectivity index (χ1n) is 9.90. The van der Waals surface area contributed by atoms with Gasteiger partial charge in [0, 0.05) is 18.7 Å². The third-order valence-corrected chi connectivity index (χ3v) is 3.53. The summed E-state index contributed by atoms with van der Waals surface area (Å²) in [5.41, 5.74) is 1.94. The first-order chi connectivity index (χ1) is 13.3. The van der Waals surface area contributed by atoms with E-state index in [1.165, 1.54) is 0 Å². The minimum atomic E-state index is -0.251. The lowest BCUT2D eigenvalue weighted by Gasteiger charge is -2.21. The Hall–Kier alpha value is -1.39. The molecule has 0 radical (unpaired) electrons. The van der Waals surface area contributed by atoms with E-state index >= 15 is 0 Å². The standard InChI is InChI=1S/C21H36N4O3.HI/c1-6-22-20(24-15-19(26)25-21(3,4)5)23-14-17-9-8-10-18(13-17)16-28-12-11-27-7-2;/h8-10,13H,6-7,11-12,14-16H2,1-5H3,(H,25,26)(H2,22,23,24);1H. The number of benzene rings is 1. The van der Waals surface area contributed by atoms with Crippen molar-refractivity contribution in [3.8, 4) is 0 Å². The van der Waals surface area contributed by atoms with Crippen molar-refractivity contribution in [2.75, 3.05) is 32.9 Å². The molecule has 1 rings (SSSR count). The lowest BCUT2D eigenvalue weighted by atomic mass is 10.1. The Balaban J connectivity index is 0.00000784. The topological polar surface area (TPSA) is 84.0 Å². The fourth-order valence-electron chi connectivity index (χ4n) is 2.41. The largest absolute Gasteiger partial charge is 0.379 e. The van der Waals surface area contributed by atoms with Crippen LogP contribution in [-0.2, 0) is 27.4 Å². The van der Waals surface area contributed by atoms with Gasteiger partial charge in [-0.15, -0.1) is 24.0 Å². The van der Waals surface area contributed by atoms with E-state index in [4.69, 9.17) is 9.47 Å². The monoisotopic (exact) mass is 520 g/mol. The first-order valence-corrected chi connectivity index (χ1v) is 9.90. The van der Waals surface area contributed by atoms with E-state index in [-0.39, 0.29) is 42.0 Å². The summed E-state index contributed by atoms with van der Waals surface area (Å²) < 4.78 is 10.9. The number of aliphatic imine (C=N–C) groups is 1. The summed E-state index contributed by atoms with van der Waals surface area (Å²) in [6.45, 7) is 13.7. The predicted octanol–water partition coefficient (Wildman–Crippen LogP) is 2.83. The van der Waals surface area contributed by atoms with Crippen LogP contribution in [-0.4, -0.2) is 50.3 Å². The van der Waals surface area contributed by atoms with E-state index in [1.54, 1.807) is 0 Å². The van der Waals surface area contributed by atoms with Gasteiger partial charge in [-0.05, 0) is 45.7 Å². The molecule has 0 saturated carbocycles. The Bertz CT molecular complexity index is 618. The lowest BCUT2D eigenvalue weighted by Crippen LogP contribution is -2.48. The summed E-state index contributed by atoms with van der Waals surface area (Å²) in [7, 11) is 0. The quantitative estimate of drug-likeness (QED) is 0.181. The molecule has 3 N–H and O–H groups in total. The molecule has 1 aromatic carbocycles. The van der Waals surface area contributed by atoms with E-state index < -0.39 is 0 Å². The number of guanidine groups is 1. The predicted molar refractivity (Wildman–Crippen MR) is 129 cm³/mol. The van der Waals surface area contributed by atoms with Crippen LogP contribution >= 0.6 is 24.0 Å². The Morgan fingerprint density at radius 1 is 1.07 bits per heavy atom. The second-order valence-corrected chi connectivity index (χ2v) is 7.42. The SMILES string of the molecule is CCNC(=NCc1cccc(COCCOCC)c1)NCC(=O)NC(C)(C)C.I. The van der Waals surface area contributed by atoms with E-state index in [1.807, 2.05) is 52.8 Å². The van der Waals surface area contributed by atoms with Crippen LogP contribution in [0.1, 0.15) is 45.7 Å². The smallest absolute Gasteiger partial charge is 0.239 e. The zero-order chi connectivity index (χ0) is 20.8. The van der Waals surface area contributed by atoms with Crippen molar-refractivity contribution in [2.45, 2.75) is 53.3 Å². The van der Waals surface area contributed by atoms with Crippen molar-refractivity contribution in [3.63, 3.8) is 0 Å². The average molecular weight is 520 g/mol. The third kappa shape index (κ3) is 14.3. The van der Waals surface area contributed by atoms with Crippen LogP contribution in [0.5, 0.6) is 0 Å². The van der Waals surface area contributed by atoms with Crippen molar-refractivity contribution < 1.29 is 14.3 Å². The molecule has 0 saturated heterocycles. The molecule has 166 valence electrons. The van der Waals surface area contributed by atoms with Gasteiger partial charge in [0.2, 0.25) is 5.91 Å². The Morgan fingerprint density at radius 2 is 1.76 bits per heavy atom. The minimum absolute atomic E-state index is 0. The molecule has 0 spiro atoms. The van der Waals surface area contributed by atoms with Gasteiger partial charge in [-0.25, -0.2) is 4.99 Å². The summed E-state index contributed by atoms with van der Waals surface area (Å²) in [5, 5.41) is 9.15. The highest BCUT2D eigenvalue weighted by molar-refractivity contribution is 14.0. The molecular weight excluding hydrogens is 483 g/mol. The number of hydrogen-bond acceptors (Lipinski definition) is 4. The average Bonchev–Trinajstić information content (AvgIpc) is 2.63. The molecule has 0 aliphatic heterocycles. The van der Waals surface area contributed by atoms with Crippen LogP contribution < -0.4 is 16.0 Å². The van der Waals surface area contributed by atoms with Crippen LogP contribution in [0.15, 0.2) is 29.3 Å². The summed E-state index contributed by atoms with van der Waals surface area (Å²) >= 11 is 0. The molecule has 8 heteroatoms. The number of nitrogens with zero attached hydrogens (tertiary/aromatic N) is 1. The molecule has 0 atom stereocenters. The number of carbonyl (C=O) groups is 1. The second-order valence-electron chi connectivity index (χ2n) is 7.42. The fraction of sp³-hybridized carbons (Fsp3) is 0.619.